The van der Waals surface area contributed by atoms with Crippen molar-refractivity contribution < 1.29 is 9.59 Å². The van der Waals surface area contributed by atoms with Crippen molar-refractivity contribution in [3.05, 3.63) is 0 Å². The summed E-state index contributed by atoms with van der Waals surface area (Å²) < 4.78 is 0. The monoisotopic (exact) mass is 237 g/mol. The van der Waals surface area contributed by atoms with Crippen LogP contribution in [0.5, 0.6) is 0 Å². The number of rotatable bonds is 2. The van der Waals surface area contributed by atoms with Crippen molar-refractivity contribution in [1.82, 2.24) is 10.2 Å². The van der Waals surface area contributed by atoms with Crippen LogP contribution < -0.4 is 11.1 Å². The third kappa shape index (κ3) is 1.73. The molecule has 3 N–H and O–H groups in total. The van der Waals surface area contributed by atoms with E-state index < -0.39 is 0 Å². The Labute approximate surface area is 101 Å². The van der Waals surface area contributed by atoms with Gasteiger partial charge in [0.25, 0.3) is 0 Å². The lowest BCUT2D eigenvalue weighted by Crippen LogP contribution is -2.48. The fourth-order valence-electron chi connectivity index (χ4n) is 3.64. The maximum atomic E-state index is 12.4. The first kappa shape index (κ1) is 11.0. The molecule has 0 radical (unpaired) electrons. The number of hydrogen-bond acceptors (Lipinski definition) is 3. The summed E-state index contributed by atoms with van der Waals surface area (Å²) in [7, 11) is 0. The van der Waals surface area contributed by atoms with Crippen molar-refractivity contribution in [2.75, 3.05) is 6.54 Å². The molecule has 4 unspecified atom stereocenters. The maximum absolute atomic E-state index is 12.4. The number of fused-ring (bicyclic) bond motifs is 2. The Bertz CT molecular complexity index is 358. The van der Waals surface area contributed by atoms with Crippen LogP contribution in [0.3, 0.4) is 0 Å². The molecule has 0 aliphatic carbocycles. The predicted octanol–water partition coefficient (Wildman–Crippen LogP) is -0.397. The number of carbonyl (C=O) groups excluding carboxylic acids is 2. The van der Waals surface area contributed by atoms with E-state index in [0.29, 0.717) is 18.6 Å². The van der Waals surface area contributed by atoms with Gasteiger partial charge in [-0.2, -0.15) is 0 Å². The van der Waals surface area contributed by atoms with Gasteiger partial charge in [0.15, 0.2) is 0 Å². The van der Waals surface area contributed by atoms with E-state index in [4.69, 9.17) is 5.73 Å². The molecule has 17 heavy (non-hydrogen) atoms. The van der Waals surface area contributed by atoms with Gasteiger partial charge in [0.05, 0.1) is 5.92 Å². The van der Waals surface area contributed by atoms with Gasteiger partial charge in [0.2, 0.25) is 11.8 Å². The molecule has 3 rings (SSSR count). The molecule has 0 aromatic carbocycles. The number of primary amides is 1. The minimum Gasteiger partial charge on any atom is -0.368 e. The largest absolute Gasteiger partial charge is 0.368 e. The van der Waals surface area contributed by atoms with Gasteiger partial charge in [-0.1, -0.05) is 0 Å². The zero-order valence-corrected chi connectivity index (χ0v) is 9.89. The molecule has 5 nitrogen and oxygen atoms in total. The summed E-state index contributed by atoms with van der Waals surface area (Å²) in [6, 6.07) is 0.492. The Morgan fingerprint density at radius 1 is 1.24 bits per heavy atom. The average molecular weight is 237 g/mol. The lowest BCUT2D eigenvalue weighted by Gasteiger charge is -2.28. The first-order valence-electron chi connectivity index (χ1n) is 6.52. The third-order valence-electron chi connectivity index (χ3n) is 4.48. The minimum atomic E-state index is -0.360. The second kappa shape index (κ2) is 3.98. The van der Waals surface area contributed by atoms with Crippen LogP contribution in [0.4, 0.5) is 0 Å². The van der Waals surface area contributed by atoms with Crippen LogP contribution in [0.1, 0.15) is 32.1 Å². The van der Waals surface area contributed by atoms with Crippen molar-refractivity contribution in [2.45, 2.75) is 50.2 Å². The molecule has 0 spiro atoms. The van der Waals surface area contributed by atoms with Gasteiger partial charge in [-0.05, 0) is 32.1 Å². The molecule has 3 saturated heterocycles. The molecule has 2 bridgehead atoms. The summed E-state index contributed by atoms with van der Waals surface area (Å²) >= 11 is 0. The molecule has 3 aliphatic rings. The summed E-state index contributed by atoms with van der Waals surface area (Å²) in [4.78, 5) is 25.5. The van der Waals surface area contributed by atoms with Crippen molar-refractivity contribution in [1.29, 1.82) is 0 Å². The summed E-state index contributed by atoms with van der Waals surface area (Å²) in [5.41, 5.74) is 5.35. The number of hydrogen-bond donors (Lipinski definition) is 2. The Balaban J connectivity index is 1.71. The third-order valence-corrected chi connectivity index (χ3v) is 4.48. The van der Waals surface area contributed by atoms with E-state index >= 15 is 0 Å². The van der Waals surface area contributed by atoms with Crippen molar-refractivity contribution in [3.63, 3.8) is 0 Å². The van der Waals surface area contributed by atoms with Crippen molar-refractivity contribution in [2.24, 2.45) is 11.7 Å². The molecule has 2 amide bonds. The quantitative estimate of drug-likeness (QED) is 0.686. The highest BCUT2D eigenvalue weighted by molar-refractivity contribution is 5.88. The van der Waals surface area contributed by atoms with Crippen LogP contribution in [-0.4, -0.2) is 41.4 Å². The van der Waals surface area contributed by atoms with Gasteiger partial charge in [0.1, 0.15) is 6.04 Å². The molecule has 0 saturated carbocycles. The Kier molecular flexibility index (Phi) is 2.58. The van der Waals surface area contributed by atoms with E-state index in [9.17, 15) is 9.59 Å². The number of likely N-dealkylation sites (tertiary alicyclic amines) is 1. The Morgan fingerprint density at radius 3 is 2.65 bits per heavy atom. The molecule has 5 heteroatoms. The second-order valence-electron chi connectivity index (χ2n) is 5.48. The molecule has 4 atom stereocenters. The summed E-state index contributed by atoms with van der Waals surface area (Å²) in [5, 5.41) is 3.46. The molecule has 3 aliphatic heterocycles. The van der Waals surface area contributed by atoms with E-state index in [1.165, 1.54) is 6.42 Å². The zero-order valence-electron chi connectivity index (χ0n) is 9.89. The lowest BCUT2D eigenvalue weighted by atomic mass is 9.88. The van der Waals surface area contributed by atoms with Gasteiger partial charge < -0.3 is 16.0 Å². The molecule has 0 aromatic heterocycles. The van der Waals surface area contributed by atoms with Crippen LogP contribution in [0.25, 0.3) is 0 Å². The van der Waals surface area contributed by atoms with E-state index in [0.717, 1.165) is 25.7 Å². The topological polar surface area (TPSA) is 75.4 Å². The lowest BCUT2D eigenvalue weighted by molar-refractivity contribution is -0.141. The molecular formula is C12H19N3O2. The smallest absolute Gasteiger partial charge is 0.240 e. The fourth-order valence-corrected chi connectivity index (χ4v) is 3.64. The van der Waals surface area contributed by atoms with E-state index in [1.54, 1.807) is 4.90 Å². The van der Waals surface area contributed by atoms with Crippen molar-refractivity contribution in [3.8, 4) is 0 Å². The van der Waals surface area contributed by atoms with Gasteiger partial charge >= 0.3 is 0 Å². The zero-order chi connectivity index (χ0) is 12.0. The standard InChI is InChI=1S/C12H19N3O2/c13-11(16)10-2-1-5-15(10)12(17)8-6-7-3-4-9(8)14-7/h7-10,14H,1-6H2,(H2,13,16). The van der Waals surface area contributed by atoms with Gasteiger partial charge in [0, 0.05) is 18.6 Å². The summed E-state index contributed by atoms with van der Waals surface area (Å²) in [6.07, 6.45) is 4.85. The molecule has 3 fully saturated rings. The summed E-state index contributed by atoms with van der Waals surface area (Å²) in [6.45, 7) is 0.695. The molecular weight excluding hydrogens is 218 g/mol. The molecule has 0 aromatic rings. The normalized spacial score (nSPS) is 39.9. The minimum absolute atomic E-state index is 0.0775. The number of nitrogens with zero attached hydrogens (tertiary/aromatic N) is 1. The number of amides is 2. The van der Waals surface area contributed by atoms with Crippen LogP contribution in [0.2, 0.25) is 0 Å². The first-order chi connectivity index (χ1) is 8.16. The van der Waals surface area contributed by atoms with Gasteiger partial charge in [-0.3, -0.25) is 9.59 Å². The Morgan fingerprint density at radius 2 is 2.06 bits per heavy atom. The number of nitrogens with one attached hydrogen (secondary N) is 1. The van der Waals surface area contributed by atoms with Crippen molar-refractivity contribution >= 4 is 11.8 Å². The molecule has 94 valence electrons. The highest BCUT2D eigenvalue weighted by Crippen LogP contribution is 2.35. The second-order valence-corrected chi connectivity index (χ2v) is 5.48. The SMILES string of the molecule is NC(=O)C1CCCN1C(=O)C1CC2CCC1N2. The van der Waals surface area contributed by atoms with E-state index in [2.05, 4.69) is 5.32 Å². The maximum Gasteiger partial charge on any atom is 0.240 e. The van der Waals surface area contributed by atoms with Gasteiger partial charge in [-0.15, -0.1) is 0 Å². The Hall–Kier alpha value is -1.10. The van der Waals surface area contributed by atoms with Crippen LogP contribution in [-0.2, 0) is 9.59 Å². The number of carbonyl (C=O) groups is 2. The fraction of sp³-hybridized carbons (Fsp3) is 0.833. The van der Waals surface area contributed by atoms with Gasteiger partial charge in [-0.25, -0.2) is 0 Å². The highest BCUT2D eigenvalue weighted by Gasteiger charge is 2.46. The van der Waals surface area contributed by atoms with E-state index in [-0.39, 0.29) is 23.8 Å². The highest BCUT2D eigenvalue weighted by atomic mass is 16.2. The van der Waals surface area contributed by atoms with Crippen LogP contribution in [0.15, 0.2) is 0 Å². The van der Waals surface area contributed by atoms with Crippen LogP contribution in [0, 0.1) is 5.92 Å². The van der Waals surface area contributed by atoms with E-state index in [1.807, 2.05) is 0 Å². The summed E-state index contributed by atoms with van der Waals surface area (Å²) in [5.74, 6) is -0.133. The average Bonchev–Trinajstić information content (AvgIpc) is 3.02. The van der Waals surface area contributed by atoms with Crippen LogP contribution >= 0.6 is 0 Å². The number of nitrogens with two attached hydrogens (primary N) is 1. The molecule has 3 heterocycles. The predicted molar refractivity (Wildman–Crippen MR) is 62.0 cm³/mol. The first-order valence-corrected chi connectivity index (χ1v) is 6.52.